The van der Waals surface area contributed by atoms with E-state index in [1.807, 2.05) is 41.8 Å². The SMILES string of the molecule is CC(C)CC(=O)N1CCC(CN)(CCc2ccccc2)CC1.CC(C)N1CCC(CN)(CCc2ccccc2)CC1.CCNC(=O)N1CCC(CN)(CCc2ccccc2)CC1.CN(C)CCNC(=O)N1CCC(CN)(CCc2ccccc2)CC1. The number of aryl methyl sites for hydroxylation is 4. The van der Waals surface area contributed by atoms with Crippen molar-refractivity contribution in [2.45, 2.75) is 150 Å². The summed E-state index contributed by atoms with van der Waals surface area (Å²) in [6, 6.07) is 43.4. The molecule has 4 aliphatic rings. The number of likely N-dealkylation sites (tertiary alicyclic amines) is 4. The number of carbonyl (C=O) groups excluding carboxylic acids is 3. The van der Waals surface area contributed by atoms with Gasteiger partial charge in [-0.1, -0.05) is 135 Å². The lowest BCUT2D eigenvalue weighted by molar-refractivity contribution is -0.134. The number of hydrogen-bond acceptors (Lipinski definition) is 9. The zero-order chi connectivity index (χ0) is 62.3. The topological polar surface area (TPSA) is 196 Å². The lowest BCUT2D eigenvalue weighted by Crippen LogP contribution is -2.50. The summed E-state index contributed by atoms with van der Waals surface area (Å²) in [7, 11) is 4.02. The van der Waals surface area contributed by atoms with Gasteiger partial charge < -0.3 is 58.1 Å². The number of piperidine rings is 4. The second-order valence-corrected chi connectivity index (χ2v) is 26.7. The molecule has 478 valence electrons. The van der Waals surface area contributed by atoms with Crippen LogP contribution in [0.15, 0.2) is 121 Å². The maximum Gasteiger partial charge on any atom is 0.317 e. The van der Waals surface area contributed by atoms with Gasteiger partial charge >= 0.3 is 12.1 Å². The third-order valence-corrected chi connectivity index (χ3v) is 19.6. The fraction of sp³-hybridized carbons (Fsp3) is 0.625. The van der Waals surface area contributed by atoms with Crippen LogP contribution in [0.5, 0.6) is 0 Å². The molecular formula is C72H117N11O3. The van der Waals surface area contributed by atoms with Crippen molar-refractivity contribution in [3.63, 3.8) is 0 Å². The van der Waals surface area contributed by atoms with Crippen LogP contribution in [-0.2, 0) is 30.5 Å². The molecule has 4 aliphatic heterocycles. The summed E-state index contributed by atoms with van der Waals surface area (Å²) >= 11 is 0. The molecule has 14 nitrogen and oxygen atoms in total. The quantitative estimate of drug-likeness (QED) is 0.0419. The molecule has 0 aliphatic carbocycles. The number of urea groups is 2. The Hall–Kier alpha value is -5.35. The molecule has 4 aromatic carbocycles. The Kier molecular flexibility index (Phi) is 31.1. The average molecular weight is 1180 g/mol. The first kappa shape index (κ1) is 71.4. The highest BCUT2D eigenvalue weighted by Gasteiger charge is 2.38. The Balaban J connectivity index is 0.000000210. The molecule has 86 heavy (non-hydrogen) atoms. The van der Waals surface area contributed by atoms with Crippen LogP contribution in [0, 0.1) is 27.6 Å². The number of amides is 5. The first-order valence-electron chi connectivity index (χ1n) is 33.1. The maximum atomic E-state index is 12.2. The fourth-order valence-corrected chi connectivity index (χ4v) is 12.8. The van der Waals surface area contributed by atoms with E-state index in [4.69, 9.17) is 22.9 Å². The monoisotopic (exact) mass is 1180 g/mol. The van der Waals surface area contributed by atoms with E-state index < -0.39 is 0 Å². The van der Waals surface area contributed by atoms with Crippen LogP contribution in [0.1, 0.15) is 140 Å². The number of likely N-dealkylation sites (N-methyl/N-ethyl adjacent to an activating group) is 1. The molecule has 0 aromatic heterocycles. The smallest absolute Gasteiger partial charge is 0.317 e. The number of hydrogen-bond donors (Lipinski definition) is 6. The van der Waals surface area contributed by atoms with E-state index in [-0.39, 0.29) is 28.3 Å². The van der Waals surface area contributed by atoms with Gasteiger partial charge in [0.25, 0.3) is 0 Å². The Labute approximate surface area is 521 Å². The van der Waals surface area contributed by atoms with E-state index in [1.165, 1.54) is 61.0 Å². The van der Waals surface area contributed by atoms with Crippen molar-refractivity contribution in [3.05, 3.63) is 144 Å². The van der Waals surface area contributed by atoms with Gasteiger partial charge in [-0.15, -0.1) is 0 Å². The van der Waals surface area contributed by atoms with Gasteiger partial charge in [-0.05, 0) is 227 Å². The minimum atomic E-state index is 0.0607. The van der Waals surface area contributed by atoms with E-state index in [9.17, 15) is 14.4 Å². The predicted octanol–water partition coefficient (Wildman–Crippen LogP) is 10.6. The summed E-state index contributed by atoms with van der Waals surface area (Å²) in [6.07, 6.45) is 18.2. The number of nitrogens with zero attached hydrogens (tertiary/aromatic N) is 5. The van der Waals surface area contributed by atoms with Crippen LogP contribution >= 0.6 is 0 Å². The van der Waals surface area contributed by atoms with E-state index in [1.54, 1.807) is 0 Å². The summed E-state index contributed by atoms with van der Waals surface area (Å²) < 4.78 is 0. The molecule has 4 aromatic rings. The number of carbonyl (C=O) groups is 3. The van der Waals surface area contributed by atoms with Crippen molar-refractivity contribution < 1.29 is 14.4 Å². The van der Waals surface area contributed by atoms with Crippen molar-refractivity contribution in [1.29, 1.82) is 0 Å². The van der Waals surface area contributed by atoms with Gasteiger partial charge in [-0.2, -0.15) is 0 Å². The minimum absolute atomic E-state index is 0.0607. The molecule has 4 heterocycles. The Morgan fingerprint density at radius 3 is 1.01 bits per heavy atom. The Morgan fingerprint density at radius 2 is 0.744 bits per heavy atom. The highest BCUT2D eigenvalue weighted by atomic mass is 16.2. The molecule has 0 radical (unpaired) electrons. The number of nitrogens with one attached hydrogen (secondary N) is 2. The standard InChI is InChI=1S/C19H32N4O.C19H30N2O.C17H27N3O.C17H28N2/c1-22(2)15-12-21-18(24)23-13-10-19(16-20,11-14-23)9-8-17-6-4-3-5-7-17;1-16(2)14-18(22)21-12-10-19(15-20,11-13-21)9-8-17-6-4-3-5-7-17;1-2-19-16(21)20-12-10-17(14-18,11-13-20)9-8-15-6-4-3-5-7-15;1-15(2)19-12-10-17(14-18,11-13-19)9-8-16-6-4-3-5-7-16/h3-7H,8-16,20H2,1-2H3,(H,21,24);3-7,16H,8-15,20H2,1-2H3;3-7H,2,8-14,18H2,1H3,(H,19,21);3-7,15H,8-14,18H2,1-2H3. The molecule has 0 saturated carbocycles. The molecule has 14 heteroatoms. The third-order valence-electron chi connectivity index (χ3n) is 19.6. The number of rotatable bonds is 23. The summed E-state index contributed by atoms with van der Waals surface area (Å²) in [4.78, 5) is 46.8. The third kappa shape index (κ3) is 24.3. The fourth-order valence-electron chi connectivity index (χ4n) is 12.8. The van der Waals surface area contributed by atoms with Gasteiger partial charge in [0.1, 0.15) is 0 Å². The summed E-state index contributed by atoms with van der Waals surface area (Å²) in [5.74, 6) is 0.746. The van der Waals surface area contributed by atoms with Crippen LogP contribution < -0.4 is 33.6 Å². The normalized spacial score (nSPS) is 18.0. The van der Waals surface area contributed by atoms with Crippen LogP contribution in [-0.4, -0.2) is 161 Å². The van der Waals surface area contributed by atoms with Crippen LogP contribution in [0.4, 0.5) is 9.59 Å². The second kappa shape index (κ2) is 37.5. The molecular weight excluding hydrogens is 1070 g/mol. The van der Waals surface area contributed by atoms with E-state index >= 15 is 0 Å². The number of nitrogens with two attached hydrogens (primary N) is 4. The van der Waals surface area contributed by atoms with Crippen molar-refractivity contribution >= 4 is 18.0 Å². The van der Waals surface area contributed by atoms with Gasteiger partial charge in [0.2, 0.25) is 5.91 Å². The summed E-state index contributed by atoms with van der Waals surface area (Å²) in [6.45, 7) is 23.4. The van der Waals surface area contributed by atoms with E-state index in [2.05, 4.69) is 163 Å². The zero-order valence-corrected chi connectivity index (χ0v) is 54.6. The Morgan fingerprint density at radius 1 is 0.453 bits per heavy atom. The maximum absolute atomic E-state index is 12.2. The molecule has 0 atom stereocenters. The average Bonchev–Trinajstić information content (AvgIpc) is 3.53. The molecule has 0 unspecified atom stereocenters. The predicted molar refractivity (Wildman–Crippen MR) is 359 cm³/mol. The lowest BCUT2D eigenvalue weighted by Gasteiger charge is -2.43. The largest absolute Gasteiger partial charge is 0.343 e. The van der Waals surface area contributed by atoms with Gasteiger partial charge in [-0.3, -0.25) is 4.79 Å². The van der Waals surface area contributed by atoms with Gasteiger partial charge in [0, 0.05) is 71.4 Å². The van der Waals surface area contributed by atoms with Gasteiger partial charge in [0.15, 0.2) is 0 Å². The van der Waals surface area contributed by atoms with Gasteiger partial charge in [-0.25, -0.2) is 9.59 Å². The molecule has 5 amide bonds. The molecule has 4 saturated heterocycles. The first-order valence-corrected chi connectivity index (χ1v) is 33.1. The molecule has 0 bridgehead atoms. The molecule has 0 spiro atoms. The summed E-state index contributed by atoms with van der Waals surface area (Å²) in [5.41, 5.74) is 30.9. The van der Waals surface area contributed by atoms with Crippen LogP contribution in [0.2, 0.25) is 0 Å². The highest BCUT2D eigenvalue weighted by Crippen LogP contribution is 2.39. The van der Waals surface area contributed by atoms with Crippen LogP contribution in [0.3, 0.4) is 0 Å². The zero-order valence-electron chi connectivity index (χ0n) is 54.6. The van der Waals surface area contributed by atoms with Crippen molar-refractivity contribution in [3.8, 4) is 0 Å². The lowest BCUT2D eigenvalue weighted by atomic mass is 9.74. The minimum Gasteiger partial charge on any atom is -0.343 e. The van der Waals surface area contributed by atoms with Crippen LogP contribution in [0.25, 0.3) is 0 Å². The van der Waals surface area contributed by atoms with Gasteiger partial charge in [0.05, 0.1) is 0 Å². The highest BCUT2D eigenvalue weighted by molar-refractivity contribution is 5.76. The van der Waals surface area contributed by atoms with Crippen molar-refractivity contribution in [2.75, 3.05) is 112 Å². The second-order valence-electron chi connectivity index (χ2n) is 26.7. The van der Waals surface area contributed by atoms with Crippen molar-refractivity contribution in [2.24, 2.45) is 50.5 Å². The van der Waals surface area contributed by atoms with E-state index in [0.717, 1.165) is 136 Å². The van der Waals surface area contributed by atoms with E-state index in [0.29, 0.717) is 55.9 Å². The van der Waals surface area contributed by atoms with Crippen molar-refractivity contribution in [1.82, 2.24) is 35.1 Å². The first-order chi connectivity index (χ1) is 41.4. The molecule has 10 N–H and O–H groups in total. The summed E-state index contributed by atoms with van der Waals surface area (Å²) in [5, 5.41) is 5.88. The number of benzene rings is 4. The Bertz CT molecular complexity index is 2450. The molecule has 8 rings (SSSR count). The molecule has 4 fully saturated rings.